The lowest BCUT2D eigenvalue weighted by Crippen LogP contribution is -2.36. The number of carbonyl (C=O) groups excluding carboxylic acids is 2. The van der Waals surface area contributed by atoms with E-state index in [9.17, 15) is 14.0 Å². The Balaban J connectivity index is 1.41. The van der Waals surface area contributed by atoms with Gasteiger partial charge in [-0.3, -0.25) is 9.59 Å². The highest BCUT2D eigenvalue weighted by Crippen LogP contribution is 2.30. The van der Waals surface area contributed by atoms with Gasteiger partial charge in [-0.15, -0.1) is 0 Å². The van der Waals surface area contributed by atoms with Crippen molar-refractivity contribution in [1.82, 2.24) is 5.32 Å². The molecule has 0 saturated heterocycles. The van der Waals surface area contributed by atoms with Gasteiger partial charge in [-0.25, -0.2) is 4.39 Å². The van der Waals surface area contributed by atoms with Gasteiger partial charge in [0.2, 0.25) is 11.8 Å². The van der Waals surface area contributed by atoms with Crippen molar-refractivity contribution in [3.63, 3.8) is 0 Å². The molecule has 2 amide bonds. The van der Waals surface area contributed by atoms with Crippen LogP contribution in [0.5, 0.6) is 0 Å². The number of hydrogen-bond acceptors (Lipinski definition) is 2. The van der Waals surface area contributed by atoms with Crippen molar-refractivity contribution >= 4 is 17.5 Å². The van der Waals surface area contributed by atoms with Crippen molar-refractivity contribution in [1.29, 1.82) is 0 Å². The van der Waals surface area contributed by atoms with Gasteiger partial charge < -0.3 is 10.6 Å². The van der Waals surface area contributed by atoms with E-state index < -0.39 is 5.82 Å². The van der Waals surface area contributed by atoms with E-state index in [0.717, 1.165) is 6.42 Å². The van der Waals surface area contributed by atoms with Gasteiger partial charge in [-0.05, 0) is 49.8 Å². The number of anilines is 1. The van der Waals surface area contributed by atoms with Crippen LogP contribution in [-0.2, 0) is 16.0 Å². The second kappa shape index (κ2) is 9.31. The van der Waals surface area contributed by atoms with E-state index >= 15 is 0 Å². The number of halogens is 1. The average molecular weight is 368 g/mol. The first-order valence-electron chi connectivity index (χ1n) is 9.50. The maximum absolute atomic E-state index is 13.7. The van der Waals surface area contributed by atoms with E-state index in [1.165, 1.54) is 11.6 Å². The Morgan fingerprint density at radius 1 is 0.852 bits per heavy atom. The summed E-state index contributed by atoms with van der Waals surface area (Å²) in [7, 11) is 0. The Kier molecular flexibility index (Phi) is 6.58. The summed E-state index contributed by atoms with van der Waals surface area (Å²) in [6.07, 6.45) is 3.49. The zero-order chi connectivity index (χ0) is 19.1. The number of para-hydroxylation sites is 1. The molecule has 0 bridgehead atoms. The number of amides is 2. The SMILES string of the molecule is O=C(NCCc1ccccc1)C1CCC(C(=O)Nc2ccccc2F)CC1. The highest BCUT2D eigenvalue weighted by Gasteiger charge is 2.30. The molecule has 0 aromatic heterocycles. The summed E-state index contributed by atoms with van der Waals surface area (Å²) in [6.45, 7) is 0.622. The fourth-order valence-electron chi connectivity index (χ4n) is 3.53. The van der Waals surface area contributed by atoms with Gasteiger partial charge in [0.25, 0.3) is 0 Å². The first-order valence-corrected chi connectivity index (χ1v) is 9.50. The molecule has 2 aromatic rings. The van der Waals surface area contributed by atoms with E-state index in [0.29, 0.717) is 32.2 Å². The Hall–Kier alpha value is -2.69. The van der Waals surface area contributed by atoms with Crippen LogP contribution in [0.2, 0.25) is 0 Å². The first-order chi connectivity index (χ1) is 13.1. The minimum atomic E-state index is -0.433. The van der Waals surface area contributed by atoms with Crippen molar-refractivity contribution < 1.29 is 14.0 Å². The molecule has 0 aliphatic heterocycles. The topological polar surface area (TPSA) is 58.2 Å². The molecule has 142 valence electrons. The van der Waals surface area contributed by atoms with E-state index in [2.05, 4.69) is 10.6 Å². The zero-order valence-corrected chi connectivity index (χ0v) is 15.3. The van der Waals surface area contributed by atoms with Crippen LogP contribution in [0.15, 0.2) is 54.6 Å². The van der Waals surface area contributed by atoms with Gasteiger partial charge in [-0.1, -0.05) is 42.5 Å². The predicted molar refractivity (Wildman–Crippen MR) is 104 cm³/mol. The Bertz CT molecular complexity index is 771. The van der Waals surface area contributed by atoms with Crippen molar-refractivity contribution in [3.8, 4) is 0 Å². The molecule has 4 nitrogen and oxygen atoms in total. The fraction of sp³-hybridized carbons (Fsp3) is 0.364. The largest absolute Gasteiger partial charge is 0.356 e. The molecule has 27 heavy (non-hydrogen) atoms. The lowest BCUT2D eigenvalue weighted by atomic mass is 9.81. The van der Waals surface area contributed by atoms with Crippen LogP contribution in [0.3, 0.4) is 0 Å². The molecular weight excluding hydrogens is 343 g/mol. The molecule has 1 fully saturated rings. The molecule has 2 N–H and O–H groups in total. The van der Waals surface area contributed by atoms with E-state index in [-0.39, 0.29) is 29.3 Å². The highest BCUT2D eigenvalue weighted by molar-refractivity contribution is 5.92. The van der Waals surface area contributed by atoms with Gasteiger partial charge in [-0.2, -0.15) is 0 Å². The van der Waals surface area contributed by atoms with Gasteiger partial charge in [0, 0.05) is 18.4 Å². The molecule has 0 atom stereocenters. The van der Waals surface area contributed by atoms with E-state index in [1.54, 1.807) is 18.2 Å². The van der Waals surface area contributed by atoms with Gasteiger partial charge >= 0.3 is 0 Å². The average Bonchev–Trinajstić information content (AvgIpc) is 2.70. The van der Waals surface area contributed by atoms with Crippen LogP contribution in [0.25, 0.3) is 0 Å². The number of hydrogen-bond donors (Lipinski definition) is 2. The Labute approximate surface area is 159 Å². The quantitative estimate of drug-likeness (QED) is 0.812. The third-order valence-electron chi connectivity index (χ3n) is 5.16. The van der Waals surface area contributed by atoms with Crippen molar-refractivity contribution in [2.75, 3.05) is 11.9 Å². The van der Waals surface area contributed by atoms with Crippen molar-refractivity contribution in [3.05, 3.63) is 66.0 Å². The van der Waals surface area contributed by atoms with Crippen LogP contribution in [0.4, 0.5) is 10.1 Å². The zero-order valence-electron chi connectivity index (χ0n) is 15.3. The molecule has 2 aromatic carbocycles. The molecule has 0 spiro atoms. The second-order valence-electron chi connectivity index (χ2n) is 7.04. The summed E-state index contributed by atoms with van der Waals surface area (Å²) in [5, 5.41) is 5.67. The van der Waals surface area contributed by atoms with Crippen LogP contribution in [0, 0.1) is 17.7 Å². The molecule has 5 heteroatoms. The minimum Gasteiger partial charge on any atom is -0.356 e. The molecular formula is C22H25FN2O2. The summed E-state index contributed by atoms with van der Waals surface area (Å²) >= 11 is 0. The third kappa shape index (κ3) is 5.39. The van der Waals surface area contributed by atoms with Crippen molar-refractivity contribution in [2.24, 2.45) is 11.8 Å². The molecule has 0 unspecified atom stereocenters. The lowest BCUT2D eigenvalue weighted by molar-refractivity contribution is -0.128. The summed E-state index contributed by atoms with van der Waals surface area (Å²) in [6, 6.07) is 16.2. The summed E-state index contributed by atoms with van der Waals surface area (Å²) in [4.78, 5) is 24.7. The van der Waals surface area contributed by atoms with E-state index in [1.807, 2.05) is 30.3 Å². The summed E-state index contributed by atoms with van der Waals surface area (Å²) < 4.78 is 13.7. The molecule has 1 saturated carbocycles. The van der Waals surface area contributed by atoms with Crippen LogP contribution in [0.1, 0.15) is 31.2 Å². The monoisotopic (exact) mass is 368 g/mol. The normalized spacial score (nSPS) is 19.3. The summed E-state index contributed by atoms with van der Waals surface area (Å²) in [5.41, 5.74) is 1.41. The highest BCUT2D eigenvalue weighted by atomic mass is 19.1. The van der Waals surface area contributed by atoms with Gasteiger partial charge in [0.15, 0.2) is 0 Å². The molecule has 0 radical (unpaired) electrons. The lowest BCUT2D eigenvalue weighted by Gasteiger charge is -2.27. The standard InChI is InChI=1S/C22H25FN2O2/c23-19-8-4-5-9-20(19)25-22(27)18-12-10-17(11-13-18)21(26)24-15-14-16-6-2-1-3-7-16/h1-9,17-18H,10-15H2,(H,24,26)(H,25,27). The van der Waals surface area contributed by atoms with E-state index in [4.69, 9.17) is 0 Å². The second-order valence-corrected chi connectivity index (χ2v) is 7.04. The summed E-state index contributed by atoms with van der Waals surface area (Å²) in [5.74, 6) is -0.740. The Morgan fingerprint density at radius 3 is 2.11 bits per heavy atom. The fourth-order valence-corrected chi connectivity index (χ4v) is 3.53. The smallest absolute Gasteiger partial charge is 0.227 e. The molecule has 0 heterocycles. The van der Waals surface area contributed by atoms with Crippen LogP contribution in [-0.4, -0.2) is 18.4 Å². The Morgan fingerprint density at radius 2 is 1.44 bits per heavy atom. The van der Waals surface area contributed by atoms with Gasteiger partial charge in [0.05, 0.1) is 5.69 Å². The molecule has 1 aliphatic carbocycles. The number of benzene rings is 2. The molecule has 3 rings (SSSR count). The predicted octanol–water partition coefficient (Wildman–Crippen LogP) is 3.93. The number of rotatable bonds is 6. The maximum Gasteiger partial charge on any atom is 0.227 e. The number of nitrogens with one attached hydrogen (secondary N) is 2. The minimum absolute atomic E-state index is 0.0433. The van der Waals surface area contributed by atoms with Crippen LogP contribution < -0.4 is 10.6 Å². The molecule has 1 aliphatic rings. The van der Waals surface area contributed by atoms with Gasteiger partial charge in [0.1, 0.15) is 5.82 Å². The van der Waals surface area contributed by atoms with Crippen LogP contribution >= 0.6 is 0 Å². The maximum atomic E-state index is 13.7. The van der Waals surface area contributed by atoms with Crippen molar-refractivity contribution in [2.45, 2.75) is 32.1 Å². The first kappa shape index (κ1) is 19.1. The number of carbonyl (C=O) groups is 2. The third-order valence-corrected chi connectivity index (χ3v) is 5.16.